The molecule has 0 bridgehead atoms. The molecule has 0 spiro atoms. The van der Waals surface area contributed by atoms with Crippen LogP contribution in [-0.4, -0.2) is 32.5 Å². The number of benzene rings is 2. The number of aryl methyl sites for hydroxylation is 1. The SMILES string of the molecule is Cc1ccc(C[NH2+]CCSc2nnnn2-c2ccccc2)cc1. The van der Waals surface area contributed by atoms with Gasteiger partial charge in [-0.3, -0.25) is 0 Å². The number of nitrogens with zero attached hydrogens (tertiary/aromatic N) is 4. The normalized spacial score (nSPS) is 10.8. The summed E-state index contributed by atoms with van der Waals surface area (Å²) in [5, 5.41) is 15.1. The first-order chi connectivity index (χ1) is 11.3. The molecule has 0 saturated carbocycles. The third-order valence-corrected chi connectivity index (χ3v) is 4.45. The van der Waals surface area contributed by atoms with Crippen molar-refractivity contribution in [1.29, 1.82) is 0 Å². The summed E-state index contributed by atoms with van der Waals surface area (Å²) in [5.41, 5.74) is 3.65. The molecule has 3 rings (SSSR count). The lowest BCUT2D eigenvalue weighted by Crippen LogP contribution is -2.83. The zero-order valence-corrected chi connectivity index (χ0v) is 13.9. The second-order valence-electron chi connectivity index (χ2n) is 5.32. The Morgan fingerprint density at radius 2 is 1.83 bits per heavy atom. The molecule has 5 nitrogen and oxygen atoms in total. The Labute approximate surface area is 140 Å². The van der Waals surface area contributed by atoms with Gasteiger partial charge in [-0.15, -0.1) is 5.10 Å². The fourth-order valence-corrected chi connectivity index (χ4v) is 3.05. The smallest absolute Gasteiger partial charge is 0.214 e. The van der Waals surface area contributed by atoms with Crippen LogP contribution in [0.4, 0.5) is 0 Å². The summed E-state index contributed by atoms with van der Waals surface area (Å²) < 4.78 is 1.78. The molecule has 2 aromatic carbocycles. The van der Waals surface area contributed by atoms with Crippen LogP contribution in [0.15, 0.2) is 59.8 Å². The lowest BCUT2D eigenvalue weighted by Gasteiger charge is -2.04. The molecule has 0 aliphatic heterocycles. The maximum atomic E-state index is 4.11. The Bertz CT molecular complexity index is 724. The van der Waals surface area contributed by atoms with Crippen LogP contribution in [0.1, 0.15) is 11.1 Å². The summed E-state index contributed by atoms with van der Waals surface area (Å²) in [4.78, 5) is 0. The molecule has 0 radical (unpaired) electrons. The first kappa shape index (κ1) is 15.7. The van der Waals surface area contributed by atoms with Gasteiger partial charge in [-0.1, -0.05) is 59.8 Å². The highest BCUT2D eigenvalue weighted by Crippen LogP contribution is 2.16. The number of nitrogens with two attached hydrogens (primary N) is 1. The number of rotatable bonds is 7. The van der Waals surface area contributed by atoms with Gasteiger partial charge in [0.05, 0.1) is 18.0 Å². The predicted octanol–water partition coefficient (Wildman–Crippen LogP) is 1.83. The van der Waals surface area contributed by atoms with Crippen molar-refractivity contribution >= 4 is 11.8 Å². The van der Waals surface area contributed by atoms with Gasteiger partial charge in [-0.2, -0.15) is 4.68 Å². The van der Waals surface area contributed by atoms with Gasteiger partial charge in [0, 0.05) is 5.56 Å². The standard InChI is InChI=1S/C17H19N5S/c1-14-7-9-15(10-8-14)13-18-11-12-23-17-19-20-21-22(17)16-5-3-2-4-6-16/h2-10,18H,11-13H2,1H3/p+1. The van der Waals surface area contributed by atoms with Gasteiger partial charge >= 0.3 is 0 Å². The fourth-order valence-electron chi connectivity index (χ4n) is 2.23. The van der Waals surface area contributed by atoms with Crippen molar-refractivity contribution in [3.63, 3.8) is 0 Å². The van der Waals surface area contributed by atoms with E-state index in [9.17, 15) is 0 Å². The van der Waals surface area contributed by atoms with Crippen LogP contribution in [0.5, 0.6) is 0 Å². The van der Waals surface area contributed by atoms with E-state index in [0.717, 1.165) is 29.7 Å². The van der Waals surface area contributed by atoms with E-state index in [1.165, 1.54) is 11.1 Å². The number of thioether (sulfide) groups is 1. The van der Waals surface area contributed by atoms with Crippen molar-refractivity contribution in [2.24, 2.45) is 0 Å². The lowest BCUT2D eigenvalue weighted by molar-refractivity contribution is -0.666. The van der Waals surface area contributed by atoms with Crippen LogP contribution in [0, 0.1) is 6.92 Å². The van der Waals surface area contributed by atoms with Crippen molar-refractivity contribution in [2.75, 3.05) is 12.3 Å². The largest absolute Gasteiger partial charge is 0.342 e. The zero-order valence-electron chi connectivity index (χ0n) is 13.1. The first-order valence-electron chi connectivity index (χ1n) is 7.67. The average Bonchev–Trinajstić information content (AvgIpc) is 3.05. The molecule has 0 aliphatic carbocycles. The lowest BCUT2D eigenvalue weighted by atomic mass is 10.1. The minimum atomic E-state index is 0.833. The van der Waals surface area contributed by atoms with E-state index in [1.54, 1.807) is 16.4 Å². The van der Waals surface area contributed by atoms with E-state index in [-0.39, 0.29) is 0 Å². The number of aromatic nitrogens is 4. The Morgan fingerprint density at radius 3 is 2.61 bits per heavy atom. The van der Waals surface area contributed by atoms with Gasteiger partial charge < -0.3 is 5.32 Å². The number of hydrogen-bond donors (Lipinski definition) is 1. The summed E-state index contributed by atoms with van der Waals surface area (Å²) in [5.74, 6) is 0.971. The molecule has 23 heavy (non-hydrogen) atoms. The third kappa shape index (κ3) is 4.40. The van der Waals surface area contributed by atoms with Crippen LogP contribution in [0.25, 0.3) is 5.69 Å². The average molecular weight is 326 g/mol. The van der Waals surface area contributed by atoms with Crippen LogP contribution < -0.4 is 5.32 Å². The molecular formula is C17H20N5S+. The molecule has 2 N–H and O–H groups in total. The molecule has 6 heteroatoms. The number of para-hydroxylation sites is 1. The van der Waals surface area contributed by atoms with Crippen molar-refractivity contribution in [2.45, 2.75) is 18.6 Å². The van der Waals surface area contributed by atoms with Crippen molar-refractivity contribution < 1.29 is 5.32 Å². The molecule has 1 aromatic heterocycles. The molecule has 0 atom stereocenters. The Morgan fingerprint density at radius 1 is 1.04 bits per heavy atom. The van der Waals surface area contributed by atoms with Gasteiger partial charge in [0.2, 0.25) is 5.16 Å². The highest BCUT2D eigenvalue weighted by molar-refractivity contribution is 7.99. The van der Waals surface area contributed by atoms with E-state index in [0.29, 0.717) is 0 Å². The molecule has 0 fully saturated rings. The van der Waals surface area contributed by atoms with Gasteiger partial charge in [0.25, 0.3) is 0 Å². The van der Waals surface area contributed by atoms with Crippen molar-refractivity contribution in [3.8, 4) is 5.69 Å². The molecular weight excluding hydrogens is 306 g/mol. The minimum absolute atomic E-state index is 0.833. The minimum Gasteiger partial charge on any atom is -0.342 e. The Balaban J connectivity index is 1.46. The van der Waals surface area contributed by atoms with Crippen LogP contribution in [-0.2, 0) is 6.54 Å². The van der Waals surface area contributed by atoms with Gasteiger partial charge in [-0.05, 0) is 29.5 Å². The summed E-state index contributed by atoms with van der Waals surface area (Å²) in [7, 11) is 0. The van der Waals surface area contributed by atoms with Crippen LogP contribution >= 0.6 is 11.8 Å². The number of quaternary nitrogens is 1. The molecule has 118 valence electrons. The molecule has 0 aliphatic rings. The fraction of sp³-hybridized carbons (Fsp3) is 0.235. The van der Waals surface area contributed by atoms with E-state index in [1.807, 2.05) is 30.3 Å². The van der Waals surface area contributed by atoms with Crippen molar-refractivity contribution in [3.05, 3.63) is 65.7 Å². The summed E-state index contributed by atoms with van der Waals surface area (Å²) in [6.07, 6.45) is 0. The Kier molecular flexibility index (Phi) is 5.39. The number of tetrazole rings is 1. The van der Waals surface area contributed by atoms with Gasteiger partial charge in [0.1, 0.15) is 6.54 Å². The highest BCUT2D eigenvalue weighted by Gasteiger charge is 2.08. The monoisotopic (exact) mass is 326 g/mol. The topological polar surface area (TPSA) is 60.2 Å². The van der Waals surface area contributed by atoms with E-state index >= 15 is 0 Å². The summed E-state index contributed by atoms with van der Waals surface area (Å²) in [6, 6.07) is 18.7. The van der Waals surface area contributed by atoms with Crippen molar-refractivity contribution in [1.82, 2.24) is 20.2 Å². The van der Waals surface area contributed by atoms with Crippen LogP contribution in [0.2, 0.25) is 0 Å². The van der Waals surface area contributed by atoms with Gasteiger partial charge in [-0.25, -0.2) is 0 Å². The predicted molar refractivity (Wildman–Crippen MR) is 91.6 cm³/mol. The number of hydrogen-bond acceptors (Lipinski definition) is 4. The van der Waals surface area contributed by atoms with E-state index in [2.05, 4.69) is 52.0 Å². The Hall–Kier alpha value is -2.18. The van der Waals surface area contributed by atoms with Gasteiger partial charge in [0.15, 0.2) is 0 Å². The van der Waals surface area contributed by atoms with Crippen LogP contribution in [0.3, 0.4) is 0 Å². The van der Waals surface area contributed by atoms with E-state index in [4.69, 9.17) is 0 Å². The highest BCUT2D eigenvalue weighted by atomic mass is 32.2. The molecule has 1 heterocycles. The maximum Gasteiger partial charge on any atom is 0.214 e. The molecule has 0 saturated heterocycles. The third-order valence-electron chi connectivity index (χ3n) is 3.50. The first-order valence-corrected chi connectivity index (χ1v) is 8.65. The molecule has 3 aromatic rings. The van der Waals surface area contributed by atoms with E-state index < -0.39 is 0 Å². The maximum absolute atomic E-state index is 4.11. The quantitative estimate of drug-likeness (QED) is 0.531. The summed E-state index contributed by atoms with van der Waals surface area (Å²) in [6.45, 7) is 4.14. The second-order valence-corrected chi connectivity index (χ2v) is 6.39. The molecule has 0 unspecified atom stereocenters. The zero-order chi connectivity index (χ0) is 15.9. The molecule has 0 amide bonds. The summed E-state index contributed by atoms with van der Waals surface area (Å²) >= 11 is 1.68. The second kappa shape index (κ2) is 7.89.